The summed E-state index contributed by atoms with van der Waals surface area (Å²) in [6, 6.07) is 0. The van der Waals surface area contributed by atoms with Crippen LogP contribution in [-0.4, -0.2) is 86.0 Å². The number of aliphatic hydroxyl groups excluding tert-OH is 4. The molecule has 0 amide bonds. The molecule has 4 aliphatic rings. The van der Waals surface area contributed by atoms with Crippen LogP contribution in [0.3, 0.4) is 0 Å². The molecule has 2 bridgehead atoms. The lowest BCUT2D eigenvalue weighted by Crippen LogP contribution is -2.68. The van der Waals surface area contributed by atoms with Crippen molar-refractivity contribution in [2.24, 2.45) is 11.3 Å². The van der Waals surface area contributed by atoms with Gasteiger partial charge in [0.15, 0.2) is 6.29 Å². The number of carboxylic acids is 1. The van der Waals surface area contributed by atoms with E-state index in [9.17, 15) is 30.0 Å². The van der Waals surface area contributed by atoms with Gasteiger partial charge in [0, 0.05) is 11.5 Å². The van der Waals surface area contributed by atoms with Gasteiger partial charge in [-0.05, 0) is 59.0 Å². The van der Waals surface area contributed by atoms with Crippen LogP contribution in [0.25, 0.3) is 0 Å². The Labute approximate surface area is 209 Å². The fourth-order valence-electron chi connectivity index (χ4n) is 6.40. The average molecular weight is 509 g/mol. The van der Waals surface area contributed by atoms with E-state index < -0.39 is 65.9 Å². The van der Waals surface area contributed by atoms with Gasteiger partial charge in [-0.1, -0.05) is 23.8 Å². The Bertz CT molecular complexity index is 985. The molecular formula is C26H36O10. The van der Waals surface area contributed by atoms with Crippen molar-refractivity contribution in [3.05, 3.63) is 35.5 Å². The first-order valence-electron chi connectivity index (χ1n) is 12.4. The smallest absolute Gasteiger partial charge is 0.331 e. The number of aliphatic hydroxyl groups is 4. The van der Waals surface area contributed by atoms with E-state index in [2.05, 4.69) is 0 Å². The second kappa shape index (κ2) is 9.66. The van der Waals surface area contributed by atoms with E-state index in [1.54, 1.807) is 19.1 Å². The Kier molecular flexibility index (Phi) is 7.24. The predicted molar refractivity (Wildman–Crippen MR) is 125 cm³/mol. The van der Waals surface area contributed by atoms with Crippen molar-refractivity contribution in [2.75, 3.05) is 6.61 Å². The predicted octanol–water partition coefficient (Wildman–Crippen LogP) is 0.971. The van der Waals surface area contributed by atoms with Crippen molar-refractivity contribution >= 4 is 11.9 Å². The maximum absolute atomic E-state index is 13.7. The van der Waals surface area contributed by atoms with Gasteiger partial charge >= 0.3 is 11.9 Å². The summed E-state index contributed by atoms with van der Waals surface area (Å²) in [5.41, 5.74) is -2.12. The minimum atomic E-state index is -1.61. The first kappa shape index (κ1) is 27.0. The Balaban J connectivity index is 1.77. The van der Waals surface area contributed by atoms with Gasteiger partial charge in [-0.3, -0.25) is 4.79 Å². The fourth-order valence-corrected chi connectivity index (χ4v) is 6.40. The van der Waals surface area contributed by atoms with Crippen LogP contribution in [0.15, 0.2) is 35.5 Å². The first-order valence-corrected chi connectivity index (χ1v) is 12.4. The summed E-state index contributed by atoms with van der Waals surface area (Å²) >= 11 is 0. The highest BCUT2D eigenvalue weighted by atomic mass is 16.7. The maximum atomic E-state index is 13.7. The number of hydrogen-bond donors (Lipinski definition) is 5. The molecule has 0 aromatic carbocycles. The zero-order valence-corrected chi connectivity index (χ0v) is 20.8. The van der Waals surface area contributed by atoms with Crippen molar-refractivity contribution in [3.8, 4) is 0 Å². The molecule has 0 aromatic heterocycles. The van der Waals surface area contributed by atoms with E-state index >= 15 is 0 Å². The van der Waals surface area contributed by atoms with Crippen molar-refractivity contribution in [3.63, 3.8) is 0 Å². The van der Waals surface area contributed by atoms with Crippen LogP contribution in [0.5, 0.6) is 0 Å². The molecule has 0 spiro atoms. The van der Waals surface area contributed by atoms with Gasteiger partial charge in [0.05, 0.1) is 12.2 Å². The SMILES string of the molecule is CC1=CC[C@@]23CC[C@@H]([C@@](C)(/C=C/C=C(\C)C(=O)O)OC2=O)[C@@]3(O[C@@H]2O[C@H](CO)[C@@H](O)[C@H](O)[C@H]2O)CC1. The van der Waals surface area contributed by atoms with Gasteiger partial charge < -0.3 is 39.7 Å². The average Bonchev–Trinajstić information content (AvgIpc) is 3.01. The summed E-state index contributed by atoms with van der Waals surface area (Å²) in [5, 5.41) is 50.2. The molecule has 5 N–H and O–H groups in total. The standard InChI is InChI=1S/C26H36O10/c1-14-6-10-25-11-8-17(24(3,36-23(25)33)9-4-5-15(2)21(31)32)26(25,12-7-14)35-22-20(30)19(29)18(28)16(13-27)34-22/h4-6,9,16-20,22,27-30H,7-8,10-13H2,1-3H3,(H,31,32)/b9-4+,15-5+/t16-,17+,18-,19+,20-,22+,24-,25-,26+/m1/s1. The van der Waals surface area contributed by atoms with E-state index in [0.29, 0.717) is 32.1 Å². The van der Waals surface area contributed by atoms with Crippen molar-refractivity contribution < 1.29 is 49.3 Å². The Morgan fingerprint density at radius 2 is 1.94 bits per heavy atom. The number of ether oxygens (including phenoxy) is 3. The van der Waals surface area contributed by atoms with Gasteiger partial charge in [-0.2, -0.15) is 0 Å². The van der Waals surface area contributed by atoms with Crippen LogP contribution in [0.1, 0.15) is 52.9 Å². The van der Waals surface area contributed by atoms with E-state index in [1.165, 1.54) is 13.0 Å². The molecule has 10 nitrogen and oxygen atoms in total. The molecule has 200 valence electrons. The molecule has 2 heterocycles. The van der Waals surface area contributed by atoms with Crippen LogP contribution in [0.2, 0.25) is 0 Å². The number of aliphatic carboxylic acids is 1. The van der Waals surface area contributed by atoms with Crippen molar-refractivity contribution in [1.82, 2.24) is 0 Å². The molecule has 36 heavy (non-hydrogen) atoms. The Morgan fingerprint density at radius 1 is 1.22 bits per heavy atom. The zero-order chi connectivity index (χ0) is 26.5. The summed E-state index contributed by atoms with van der Waals surface area (Å²) in [7, 11) is 0. The number of rotatable bonds is 6. The molecule has 9 atom stereocenters. The zero-order valence-electron chi connectivity index (χ0n) is 20.8. The number of carbonyl (C=O) groups excluding carboxylic acids is 1. The molecule has 10 heteroatoms. The molecule has 0 unspecified atom stereocenters. The maximum Gasteiger partial charge on any atom is 0.331 e. The third kappa shape index (κ3) is 4.13. The summed E-state index contributed by atoms with van der Waals surface area (Å²) in [5.74, 6) is -1.87. The number of carbonyl (C=O) groups is 2. The van der Waals surface area contributed by atoms with Crippen molar-refractivity contribution in [1.29, 1.82) is 0 Å². The minimum Gasteiger partial charge on any atom is -0.478 e. The lowest BCUT2D eigenvalue weighted by molar-refractivity contribution is -0.354. The second-order valence-electron chi connectivity index (χ2n) is 10.7. The summed E-state index contributed by atoms with van der Waals surface area (Å²) in [4.78, 5) is 24.9. The van der Waals surface area contributed by atoms with E-state index in [0.717, 1.165) is 5.57 Å². The third-order valence-corrected chi connectivity index (χ3v) is 8.60. The van der Waals surface area contributed by atoms with Crippen LogP contribution in [0, 0.1) is 11.3 Å². The fraction of sp³-hybridized carbons (Fsp3) is 0.692. The first-order chi connectivity index (χ1) is 16.9. The molecule has 0 radical (unpaired) electrons. The molecular weight excluding hydrogens is 472 g/mol. The summed E-state index contributed by atoms with van der Waals surface area (Å²) in [6.07, 6.45) is 1.87. The van der Waals surface area contributed by atoms with Crippen LogP contribution >= 0.6 is 0 Å². The lowest BCUT2D eigenvalue weighted by Gasteiger charge is -2.56. The number of hydrogen-bond acceptors (Lipinski definition) is 9. The second-order valence-corrected chi connectivity index (χ2v) is 10.7. The topological polar surface area (TPSA) is 163 Å². The number of cyclic esters (lactones) is 1. The van der Waals surface area contributed by atoms with Crippen LogP contribution in [-0.2, 0) is 23.8 Å². The van der Waals surface area contributed by atoms with Crippen molar-refractivity contribution in [2.45, 2.75) is 94.8 Å². The minimum absolute atomic E-state index is 0.124. The Hall–Kier alpha value is -2.08. The van der Waals surface area contributed by atoms with E-state index in [4.69, 9.17) is 19.3 Å². The van der Waals surface area contributed by atoms with Crippen LogP contribution < -0.4 is 0 Å². The monoisotopic (exact) mass is 508 g/mol. The van der Waals surface area contributed by atoms with E-state index in [1.807, 2.05) is 13.0 Å². The van der Waals surface area contributed by atoms with Gasteiger partial charge in [-0.15, -0.1) is 0 Å². The number of carboxylic acid groups (broad SMARTS) is 1. The third-order valence-electron chi connectivity index (χ3n) is 8.60. The highest BCUT2D eigenvalue weighted by molar-refractivity contribution is 5.86. The largest absolute Gasteiger partial charge is 0.478 e. The lowest BCUT2D eigenvalue weighted by atomic mass is 9.62. The number of allylic oxidation sites excluding steroid dienone is 4. The summed E-state index contributed by atoms with van der Waals surface area (Å²) < 4.78 is 18.3. The number of esters is 1. The van der Waals surface area contributed by atoms with E-state index in [-0.39, 0.29) is 11.5 Å². The summed E-state index contributed by atoms with van der Waals surface area (Å²) in [6.45, 7) is 4.61. The van der Waals surface area contributed by atoms with Gasteiger partial charge in [0.25, 0.3) is 0 Å². The molecule has 2 saturated heterocycles. The molecule has 1 saturated carbocycles. The molecule has 2 aliphatic carbocycles. The highest BCUT2D eigenvalue weighted by Crippen LogP contribution is 2.66. The Morgan fingerprint density at radius 3 is 2.61 bits per heavy atom. The molecule has 2 aliphatic heterocycles. The van der Waals surface area contributed by atoms with Gasteiger partial charge in [-0.25, -0.2) is 4.79 Å². The normalized spacial score (nSPS) is 45.1. The molecule has 4 rings (SSSR count). The quantitative estimate of drug-likeness (QED) is 0.151. The van der Waals surface area contributed by atoms with Gasteiger partial charge in [0.2, 0.25) is 0 Å². The van der Waals surface area contributed by atoms with Gasteiger partial charge in [0.1, 0.15) is 35.4 Å². The highest BCUT2D eigenvalue weighted by Gasteiger charge is 2.74. The molecule has 3 fully saturated rings. The molecule has 0 aromatic rings. The van der Waals surface area contributed by atoms with Crippen LogP contribution in [0.4, 0.5) is 0 Å².